The molecule has 0 bridgehead atoms. The van der Waals surface area contributed by atoms with Crippen molar-refractivity contribution < 1.29 is 32.9 Å². The number of aliphatic hydroxyl groups excluding tert-OH is 3. The molecule has 0 aliphatic heterocycles. The van der Waals surface area contributed by atoms with Crippen LogP contribution in [0.25, 0.3) is 0 Å². The van der Waals surface area contributed by atoms with E-state index in [0.717, 1.165) is 0 Å². The van der Waals surface area contributed by atoms with E-state index in [4.69, 9.17) is 0 Å². The van der Waals surface area contributed by atoms with Gasteiger partial charge in [0.25, 0.3) is 0 Å². The fourth-order valence-corrected chi connectivity index (χ4v) is 5.64. The molecule has 9 heteroatoms. The summed E-state index contributed by atoms with van der Waals surface area (Å²) in [5, 5.41) is 32.1. The average molecular weight is 410 g/mol. The van der Waals surface area contributed by atoms with Crippen LogP contribution in [0.4, 0.5) is 4.39 Å². The number of alkyl halides is 1. The Bertz CT molecular complexity index is 593. The van der Waals surface area contributed by atoms with Crippen LogP contribution in [0.2, 0.25) is 0 Å². The second-order valence-corrected chi connectivity index (χ2v) is 10.4. The molecule has 4 unspecified atom stereocenters. The predicted octanol–water partition coefficient (Wildman–Crippen LogP) is 0.174. The maximum Gasteiger partial charge on any atom is 0.223 e. The lowest BCUT2D eigenvalue weighted by Gasteiger charge is -2.36. The van der Waals surface area contributed by atoms with Crippen molar-refractivity contribution in [2.24, 2.45) is 17.8 Å². The highest BCUT2D eigenvalue weighted by molar-refractivity contribution is 7.91. The van der Waals surface area contributed by atoms with E-state index >= 15 is 0 Å². The Morgan fingerprint density at radius 1 is 1.19 bits per heavy atom. The molecule has 158 valence electrons. The maximum atomic E-state index is 13.5. The predicted molar refractivity (Wildman–Crippen MR) is 98.4 cm³/mol. The van der Waals surface area contributed by atoms with Gasteiger partial charge in [-0.15, -0.1) is 0 Å². The molecule has 0 aromatic carbocycles. The van der Waals surface area contributed by atoms with E-state index in [0.29, 0.717) is 44.9 Å². The minimum absolute atomic E-state index is 0.269. The topological polar surface area (TPSA) is 124 Å². The van der Waals surface area contributed by atoms with Gasteiger partial charge in [-0.3, -0.25) is 4.79 Å². The molecule has 2 rings (SSSR count). The van der Waals surface area contributed by atoms with Gasteiger partial charge in [0.05, 0.1) is 23.5 Å². The largest absolute Gasteiger partial charge is 0.396 e. The summed E-state index contributed by atoms with van der Waals surface area (Å²) >= 11 is 0. The molecular weight excluding hydrogens is 377 g/mol. The second kappa shape index (κ2) is 9.62. The molecule has 0 aromatic heterocycles. The molecule has 2 aliphatic rings. The molecule has 0 radical (unpaired) electrons. The van der Waals surface area contributed by atoms with Crippen molar-refractivity contribution in [2.45, 2.75) is 68.4 Å². The molecule has 1 amide bonds. The van der Waals surface area contributed by atoms with Gasteiger partial charge >= 0.3 is 0 Å². The first kappa shape index (κ1) is 22.5. The van der Waals surface area contributed by atoms with Crippen LogP contribution in [0, 0.1) is 17.8 Å². The van der Waals surface area contributed by atoms with E-state index in [9.17, 15) is 32.9 Å². The smallest absolute Gasteiger partial charge is 0.223 e. The third-order valence-electron chi connectivity index (χ3n) is 6.29. The van der Waals surface area contributed by atoms with Crippen molar-refractivity contribution >= 4 is 15.7 Å². The lowest BCUT2D eigenvalue weighted by molar-refractivity contribution is -0.134. The van der Waals surface area contributed by atoms with Crippen molar-refractivity contribution in [1.29, 1.82) is 0 Å². The summed E-state index contributed by atoms with van der Waals surface area (Å²) in [5.41, 5.74) is 0. The van der Waals surface area contributed by atoms with Gasteiger partial charge in [-0.05, 0) is 44.4 Å². The van der Waals surface area contributed by atoms with Gasteiger partial charge < -0.3 is 20.6 Å². The molecule has 27 heavy (non-hydrogen) atoms. The van der Waals surface area contributed by atoms with E-state index in [1.165, 1.54) is 6.26 Å². The van der Waals surface area contributed by atoms with E-state index in [1.54, 1.807) is 0 Å². The van der Waals surface area contributed by atoms with Crippen LogP contribution in [0.3, 0.4) is 0 Å². The van der Waals surface area contributed by atoms with Gasteiger partial charge in [-0.2, -0.15) is 0 Å². The number of rotatable bonds is 7. The third kappa shape index (κ3) is 5.62. The van der Waals surface area contributed by atoms with Crippen LogP contribution in [0.15, 0.2) is 0 Å². The van der Waals surface area contributed by atoms with Crippen LogP contribution in [0.1, 0.15) is 44.9 Å². The maximum absolute atomic E-state index is 13.5. The lowest BCUT2D eigenvalue weighted by atomic mass is 9.76. The molecular formula is C18H32FNO6S. The standard InChI is InChI=1S/C18H32FNO6S/c1-27(25,26)12-7-5-11(6-8-12)17(23)15(9-19)20-18(24)13-3-2-4-16(22)14(13)10-21/h11-17,21-23H,2-10H2,1H3,(H,20,24)/t11?,12?,13?,14?,15?,16?,17-/m0/s1. The zero-order valence-electron chi connectivity index (χ0n) is 15.8. The Hall–Kier alpha value is -0.770. The average Bonchev–Trinajstić information content (AvgIpc) is 2.64. The summed E-state index contributed by atoms with van der Waals surface area (Å²) in [4.78, 5) is 12.6. The van der Waals surface area contributed by atoms with Crippen LogP contribution >= 0.6 is 0 Å². The number of nitrogens with one attached hydrogen (secondary N) is 1. The van der Waals surface area contributed by atoms with Gasteiger partial charge in [0, 0.05) is 24.7 Å². The quantitative estimate of drug-likeness (QED) is 0.475. The number of hydrogen-bond acceptors (Lipinski definition) is 6. The molecule has 2 fully saturated rings. The van der Waals surface area contributed by atoms with Gasteiger partial charge in [0.2, 0.25) is 5.91 Å². The van der Waals surface area contributed by atoms with Crippen LogP contribution in [-0.4, -0.2) is 72.7 Å². The molecule has 7 nitrogen and oxygen atoms in total. The van der Waals surface area contributed by atoms with Crippen LogP contribution in [-0.2, 0) is 14.6 Å². The Balaban J connectivity index is 1.95. The number of aliphatic hydroxyl groups is 3. The fraction of sp³-hybridized carbons (Fsp3) is 0.944. The fourth-order valence-electron chi connectivity index (χ4n) is 4.51. The molecule has 0 heterocycles. The number of halogens is 1. The highest BCUT2D eigenvalue weighted by Crippen LogP contribution is 2.33. The molecule has 4 N–H and O–H groups in total. The molecule has 0 saturated heterocycles. The molecule has 0 aromatic rings. The number of sulfone groups is 1. The zero-order valence-corrected chi connectivity index (χ0v) is 16.6. The zero-order chi connectivity index (χ0) is 20.2. The number of carbonyl (C=O) groups excluding carboxylic acids is 1. The van der Waals surface area contributed by atoms with Crippen LogP contribution < -0.4 is 5.32 Å². The van der Waals surface area contributed by atoms with Gasteiger partial charge in [-0.1, -0.05) is 6.42 Å². The first-order valence-electron chi connectivity index (χ1n) is 9.71. The van der Waals surface area contributed by atoms with Crippen molar-refractivity contribution in [3.05, 3.63) is 0 Å². The number of carbonyl (C=O) groups is 1. The third-order valence-corrected chi connectivity index (χ3v) is 7.97. The van der Waals surface area contributed by atoms with Crippen molar-refractivity contribution in [2.75, 3.05) is 19.5 Å². The summed E-state index contributed by atoms with van der Waals surface area (Å²) < 4.78 is 36.8. The Kier molecular flexibility index (Phi) is 8.03. The molecule has 2 saturated carbocycles. The first-order chi connectivity index (χ1) is 12.7. The van der Waals surface area contributed by atoms with Gasteiger partial charge in [-0.25, -0.2) is 12.8 Å². The summed E-state index contributed by atoms with van der Waals surface area (Å²) in [5.74, 6) is -1.92. The van der Waals surface area contributed by atoms with E-state index in [2.05, 4.69) is 5.32 Å². The minimum atomic E-state index is -3.12. The van der Waals surface area contributed by atoms with Crippen LogP contribution in [0.5, 0.6) is 0 Å². The monoisotopic (exact) mass is 409 g/mol. The SMILES string of the molecule is CS(=O)(=O)C1CCC([C@H](O)C(CF)NC(=O)C2CCCC(O)C2CO)CC1. The molecule has 2 aliphatic carbocycles. The minimum Gasteiger partial charge on any atom is -0.396 e. The van der Waals surface area contributed by atoms with E-state index in [-0.39, 0.29) is 12.5 Å². The summed E-state index contributed by atoms with van der Waals surface area (Å²) in [7, 11) is -3.12. The van der Waals surface area contributed by atoms with Gasteiger partial charge in [0.1, 0.15) is 16.5 Å². The van der Waals surface area contributed by atoms with Crippen molar-refractivity contribution in [3.63, 3.8) is 0 Å². The Labute approximate surface area is 160 Å². The normalized spacial score (nSPS) is 34.6. The second-order valence-electron chi connectivity index (χ2n) is 8.08. The summed E-state index contributed by atoms with van der Waals surface area (Å²) in [6, 6.07) is -1.07. The highest BCUT2D eigenvalue weighted by Gasteiger charge is 2.39. The summed E-state index contributed by atoms with van der Waals surface area (Å²) in [6.07, 6.45) is 2.79. The highest BCUT2D eigenvalue weighted by atomic mass is 32.2. The lowest BCUT2D eigenvalue weighted by Crippen LogP contribution is -2.53. The van der Waals surface area contributed by atoms with Gasteiger partial charge in [0.15, 0.2) is 0 Å². The van der Waals surface area contributed by atoms with E-state index < -0.39 is 57.8 Å². The number of amides is 1. The Morgan fingerprint density at radius 2 is 1.81 bits per heavy atom. The first-order valence-corrected chi connectivity index (χ1v) is 11.7. The Morgan fingerprint density at radius 3 is 2.33 bits per heavy atom. The molecule has 0 spiro atoms. The molecule has 5 atom stereocenters. The number of hydrogen-bond donors (Lipinski definition) is 4. The van der Waals surface area contributed by atoms with E-state index in [1.807, 2.05) is 0 Å². The van der Waals surface area contributed by atoms with Crippen molar-refractivity contribution in [3.8, 4) is 0 Å². The van der Waals surface area contributed by atoms with Crippen molar-refractivity contribution in [1.82, 2.24) is 5.32 Å². The summed E-state index contributed by atoms with van der Waals surface area (Å²) in [6.45, 7) is -1.25.